The minimum atomic E-state index is -4.12. The van der Waals surface area contributed by atoms with E-state index >= 15 is 0 Å². The quantitative estimate of drug-likeness (QED) is 0.350. The summed E-state index contributed by atoms with van der Waals surface area (Å²) in [6.45, 7) is 1.77. The maximum Gasteiger partial charge on any atom is 0.338 e. The summed E-state index contributed by atoms with van der Waals surface area (Å²) >= 11 is 0. The molecular weight excluding hydrogens is 470 g/mol. The van der Waals surface area contributed by atoms with Gasteiger partial charge in [0.05, 0.1) is 29.2 Å². The van der Waals surface area contributed by atoms with Crippen LogP contribution in [0, 0.1) is 0 Å². The molecule has 3 aromatic rings. The van der Waals surface area contributed by atoms with Gasteiger partial charge >= 0.3 is 5.97 Å². The molecule has 180 valence electrons. The van der Waals surface area contributed by atoms with Gasteiger partial charge in [0.2, 0.25) is 15.9 Å². The Morgan fingerprint density at radius 3 is 2.40 bits per heavy atom. The number of rotatable bonds is 8. The van der Waals surface area contributed by atoms with Gasteiger partial charge in [-0.15, -0.1) is 0 Å². The van der Waals surface area contributed by atoms with Crippen LogP contribution < -0.4 is 4.90 Å². The van der Waals surface area contributed by atoms with Crippen LogP contribution in [0.25, 0.3) is 0 Å². The van der Waals surface area contributed by atoms with Crippen molar-refractivity contribution < 1.29 is 27.5 Å². The van der Waals surface area contributed by atoms with Crippen LogP contribution in [0.5, 0.6) is 0 Å². The highest BCUT2D eigenvalue weighted by atomic mass is 32.2. The number of esters is 1. The summed E-state index contributed by atoms with van der Waals surface area (Å²) in [5, 5.41) is 0. The van der Waals surface area contributed by atoms with E-state index in [2.05, 4.69) is 4.98 Å². The second kappa shape index (κ2) is 10.2. The molecule has 1 aliphatic rings. The highest BCUT2D eigenvalue weighted by Crippen LogP contribution is 2.30. The van der Waals surface area contributed by atoms with Crippen LogP contribution in [0.3, 0.4) is 0 Å². The summed E-state index contributed by atoms with van der Waals surface area (Å²) in [4.78, 5) is 43.3. The molecule has 0 bridgehead atoms. The molecule has 10 heteroatoms. The Bertz CT molecular complexity index is 1330. The first-order chi connectivity index (χ1) is 16.8. The Balaban J connectivity index is 1.67. The van der Waals surface area contributed by atoms with E-state index < -0.39 is 33.8 Å². The minimum absolute atomic E-state index is 0.0152. The van der Waals surface area contributed by atoms with Crippen LogP contribution in [-0.2, 0) is 30.9 Å². The molecule has 0 spiro atoms. The number of imide groups is 1. The fraction of sp³-hybridized carbons (Fsp3) is 0.200. The van der Waals surface area contributed by atoms with Crippen molar-refractivity contribution in [1.29, 1.82) is 0 Å². The lowest BCUT2D eigenvalue weighted by atomic mass is 10.2. The molecule has 1 aliphatic heterocycles. The van der Waals surface area contributed by atoms with Gasteiger partial charge < -0.3 is 4.74 Å². The first-order valence-corrected chi connectivity index (χ1v) is 12.4. The number of hydrogen-bond acceptors (Lipinski definition) is 7. The molecule has 1 unspecified atom stereocenters. The van der Waals surface area contributed by atoms with E-state index in [0.717, 1.165) is 9.21 Å². The van der Waals surface area contributed by atoms with Crippen LogP contribution in [-0.4, -0.2) is 48.1 Å². The normalized spacial score (nSPS) is 16.1. The smallest absolute Gasteiger partial charge is 0.338 e. The van der Waals surface area contributed by atoms with Crippen molar-refractivity contribution in [2.24, 2.45) is 0 Å². The van der Waals surface area contributed by atoms with Gasteiger partial charge in [-0.25, -0.2) is 18.1 Å². The van der Waals surface area contributed by atoms with Crippen molar-refractivity contribution in [3.8, 4) is 0 Å². The van der Waals surface area contributed by atoms with Gasteiger partial charge in [0.1, 0.15) is 6.04 Å². The van der Waals surface area contributed by atoms with Gasteiger partial charge in [0.25, 0.3) is 5.91 Å². The molecule has 1 aromatic heterocycles. The molecule has 1 atom stereocenters. The molecule has 0 N–H and O–H groups in total. The van der Waals surface area contributed by atoms with Crippen molar-refractivity contribution in [2.75, 3.05) is 11.5 Å². The van der Waals surface area contributed by atoms with E-state index in [-0.39, 0.29) is 35.7 Å². The third kappa shape index (κ3) is 4.98. The Morgan fingerprint density at radius 1 is 1.06 bits per heavy atom. The summed E-state index contributed by atoms with van der Waals surface area (Å²) < 4.78 is 33.1. The van der Waals surface area contributed by atoms with Gasteiger partial charge in [-0.05, 0) is 55.0 Å². The summed E-state index contributed by atoms with van der Waals surface area (Å²) in [5.41, 5.74) is 1.09. The van der Waals surface area contributed by atoms with E-state index in [9.17, 15) is 22.8 Å². The predicted octanol–water partition coefficient (Wildman–Crippen LogP) is 2.78. The number of carbonyl (C=O) groups is 3. The van der Waals surface area contributed by atoms with Crippen molar-refractivity contribution >= 4 is 33.5 Å². The maximum absolute atomic E-state index is 13.6. The lowest BCUT2D eigenvalue weighted by molar-refractivity contribution is -0.122. The molecule has 9 nitrogen and oxygen atoms in total. The first-order valence-electron chi connectivity index (χ1n) is 10.9. The highest BCUT2D eigenvalue weighted by molar-refractivity contribution is 7.89. The topological polar surface area (TPSA) is 114 Å². The van der Waals surface area contributed by atoms with E-state index in [1.54, 1.807) is 43.5 Å². The number of carbonyl (C=O) groups excluding carboxylic acids is 3. The summed E-state index contributed by atoms with van der Waals surface area (Å²) in [5.74, 6) is -1.72. The van der Waals surface area contributed by atoms with Crippen molar-refractivity contribution in [1.82, 2.24) is 9.29 Å². The average molecular weight is 494 g/mol. The number of benzene rings is 2. The lowest BCUT2D eigenvalue weighted by Crippen LogP contribution is -2.45. The second-order valence-electron chi connectivity index (χ2n) is 7.78. The van der Waals surface area contributed by atoms with Crippen LogP contribution in [0.4, 0.5) is 5.69 Å². The molecule has 2 amide bonds. The van der Waals surface area contributed by atoms with E-state index in [1.165, 1.54) is 42.6 Å². The molecule has 2 aromatic carbocycles. The van der Waals surface area contributed by atoms with Crippen LogP contribution in [0.1, 0.15) is 29.3 Å². The molecule has 0 aliphatic carbocycles. The Kier molecular flexibility index (Phi) is 7.04. The fourth-order valence-electron chi connectivity index (χ4n) is 3.84. The largest absolute Gasteiger partial charge is 0.462 e. The van der Waals surface area contributed by atoms with E-state index in [0.29, 0.717) is 5.56 Å². The third-order valence-electron chi connectivity index (χ3n) is 5.52. The zero-order chi connectivity index (χ0) is 25.0. The molecule has 1 fully saturated rings. The number of amides is 2. The molecule has 35 heavy (non-hydrogen) atoms. The number of pyridine rings is 1. The number of aromatic nitrogens is 1. The SMILES string of the molecule is CCOC(=O)c1ccc(N2C(=O)CC(N(Cc3cccnc3)S(=O)(=O)c3ccccc3)C2=O)cc1. The summed E-state index contributed by atoms with van der Waals surface area (Å²) in [6, 6.07) is 15.7. The minimum Gasteiger partial charge on any atom is -0.462 e. The van der Waals surface area contributed by atoms with Gasteiger partial charge in [-0.1, -0.05) is 24.3 Å². The number of sulfonamides is 1. The Morgan fingerprint density at radius 2 is 1.77 bits per heavy atom. The number of hydrogen-bond donors (Lipinski definition) is 0. The molecule has 2 heterocycles. The number of anilines is 1. The third-order valence-corrected chi connectivity index (χ3v) is 7.39. The summed E-state index contributed by atoms with van der Waals surface area (Å²) in [7, 11) is -4.12. The lowest BCUT2D eigenvalue weighted by Gasteiger charge is -2.27. The van der Waals surface area contributed by atoms with Crippen LogP contribution in [0.2, 0.25) is 0 Å². The van der Waals surface area contributed by atoms with Gasteiger partial charge in [0, 0.05) is 18.9 Å². The van der Waals surface area contributed by atoms with Crippen LogP contribution >= 0.6 is 0 Å². The van der Waals surface area contributed by atoms with Gasteiger partial charge in [0.15, 0.2) is 0 Å². The zero-order valence-corrected chi connectivity index (χ0v) is 19.7. The first kappa shape index (κ1) is 24.2. The second-order valence-corrected chi connectivity index (χ2v) is 9.67. The molecule has 1 saturated heterocycles. The summed E-state index contributed by atoms with van der Waals surface area (Å²) in [6.07, 6.45) is 2.76. The van der Waals surface area contributed by atoms with Crippen LogP contribution in [0.15, 0.2) is 84.0 Å². The van der Waals surface area contributed by atoms with E-state index in [4.69, 9.17) is 4.74 Å². The standard InChI is InChI=1S/C25H23N3O6S/c1-2-34-25(31)19-10-12-20(13-11-19)28-23(29)15-22(24(28)30)27(17-18-7-6-14-26-16-18)35(32,33)21-8-4-3-5-9-21/h3-14,16,22H,2,15,17H2,1H3. The Hall–Kier alpha value is -3.89. The Labute approximate surface area is 203 Å². The number of ether oxygens (including phenoxy) is 1. The fourth-order valence-corrected chi connectivity index (χ4v) is 5.43. The zero-order valence-electron chi connectivity index (χ0n) is 18.9. The molecule has 0 saturated carbocycles. The highest BCUT2D eigenvalue weighted by Gasteiger charge is 2.47. The van der Waals surface area contributed by atoms with Crippen molar-refractivity contribution in [2.45, 2.75) is 30.8 Å². The number of nitrogens with zero attached hydrogens (tertiary/aromatic N) is 3. The molecular formula is C25H23N3O6S. The maximum atomic E-state index is 13.6. The predicted molar refractivity (Wildman–Crippen MR) is 127 cm³/mol. The monoisotopic (exact) mass is 493 g/mol. The van der Waals surface area contributed by atoms with Crippen molar-refractivity contribution in [3.05, 3.63) is 90.3 Å². The molecule has 0 radical (unpaired) electrons. The van der Waals surface area contributed by atoms with E-state index in [1.807, 2.05) is 0 Å². The van der Waals surface area contributed by atoms with Gasteiger partial charge in [-0.2, -0.15) is 4.31 Å². The molecule has 4 rings (SSSR count). The average Bonchev–Trinajstić information content (AvgIpc) is 3.17. The van der Waals surface area contributed by atoms with Crippen molar-refractivity contribution in [3.63, 3.8) is 0 Å². The van der Waals surface area contributed by atoms with Gasteiger partial charge in [-0.3, -0.25) is 14.6 Å².